The van der Waals surface area contributed by atoms with E-state index in [1.54, 1.807) is 0 Å². The average Bonchev–Trinajstić information content (AvgIpc) is 3.04. The number of carbonyl (C=O) groups is 1. The number of fused-ring (bicyclic) bond motifs is 3. The van der Waals surface area contributed by atoms with E-state index in [1.165, 1.54) is 17.5 Å². The maximum Gasteiger partial charge on any atom is 0.230 e. The minimum Gasteiger partial charge on any atom is -0.338 e. The second kappa shape index (κ2) is 3.12. The number of likely N-dealkylation sites (N-methyl/N-ethyl adjacent to an activating group) is 1. The Hall–Kier alpha value is -1.57. The molecule has 2 heteroatoms. The number of carbonyl (C=O) groups excluding carboxylic acids is 1. The highest BCUT2D eigenvalue weighted by molar-refractivity contribution is 5.88. The Morgan fingerprint density at radius 1 is 1.05 bits per heavy atom. The van der Waals surface area contributed by atoms with Crippen molar-refractivity contribution < 1.29 is 4.79 Å². The van der Waals surface area contributed by atoms with Crippen molar-refractivity contribution in [3.63, 3.8) is 0 Å². The fraction of sp³-hybridized carbons (Fsp3) is 0.471. The summed E-state index contributed by atoms with van der Waals surface area (Å²) in [6, 6.07) is 8.95. The number of amides is 1. The van der Waals surface area contributed by atoms with Crippen molar-refractivity contribution in [3.05, 3.63) is 47.5 Å². The highest BCUT2D eigenvalue weighted by atomic mass is 16.2. The van der Waals surface area contributed by atoms with Crippen LogP contribution in [0.2, 0.25) is 0 Å². The Kier molecular flexibility index (Phi) is 1.68. The van der Waals surface area contributed by atoms with Crippen molar-refractivity contribution in [1.82, 2.24) is 4.90 Å². The second-order valence-corrected chi connectivity index (χ2v) is 6.60. The van der Waals surface area contributed by atoms with Crippen molar-refractivity contribution in [2.45, 2.75) is 18.4 Å². The van der Waals surface area contributed by atoms with Crippen molar-refractivity contribution in [2.24, 2.45) is 23.7 Å². The van der Waals surface area contributed by atoms with E-state index in [0.29, 0.717) is 35.6 Å². The molecule has 2 aliphatic heterocycles. The van der Waals surface area contributed by atoms with Gasteiger partial charge in [-0.15, -0.1) is 0 Å². The summed E-state index contributed by atoms with van der Waals surface area (Å²) in [6.45, 7) is 0. The van der Waals surface area contributed by atoms with Crippen molar-refractivity contribution in [2.75, 3.05) is 7.05 Å². The zero-order valence-corrected chi connectivity index (χ0v) is 11.0. The summed E-state index contributed by atoms with van der Waals surface area (Å²) in [6.07, 6.45) is 6.06. The number of benzene rings is 1. The van der Waals surface area contributed by atoms with Gasteiger partial charge in [0, 0.05) is 7.05 Å². The van der Waals surface area contributed by atoms with Crippen LogP contribution in [0.5, 0.6) is 0 Å². The molecule has 5 aliphatic rings. The Morgan fingerprint density at radius 3 is 2.53 bits per heavy atom. The van der Waals surface area contributed by atoms with Crippen LogP contribution in [-0.4, -0.2) is 17.9 Å². The lowest BCUT2D eigenvalue weighted by atomic mass is 9.59. The maximum absolute atomic E-state index is 12.7. The molecule has 0 unspecified atom stereocenters. The predicted octanol–water partition coefficient (Wildman–Crippen LogP) is 2.74. The molecule has 2 heterocycles. The van der Waals surface area contributed by atoms with Crippen LogP contribution in [0.1, 0.15) is 29.5 Å². The summed E-state index contributed by atoms with van der Waals surface area (Å²) in [7, 11) is 2.00. The first-order chi connectivity index (χ1) is 9.27. The van der Waals surface area contributed by atoms with Crippen LogP contribution in [-0.2, 0) is 4.79 Å². The van der Waals surface area contributed by atoms with Gasteiger partial charge in [-0.3, -0.25) is 4.79 Å². The molecule has 6 atom stereocenters. The van der Waals surface area contributed by atoms with E-state index in [-0.39, 0.29) is 5.92 Å². The highest BCUT2D eigenvalue weighted by Crippen LogP contribution is 2.65. The first-order valence-corrected chi connectivity index (χ1v) is 7.31. The third-order valence-corrected chi connectivity index (χ3v) is 6.01. The van der Waals surface area contributed by atoms with Crippen molar-refractivity contribution >= 4 is 5.91 Å². The van der Waals surface area contributed by atoms with Gasteiger partial charge >= 0.3 is 0 Å². The Balaban J connectivity index is 1.79. The van der Waals surface area contributed by atoms with E-state index < -0.39 is 0 Å². The van der Waals surface area contributed by atoms with Gasteiger partial charge in [-0.2, -0.15) is 0 Å². The molecule has 0 radical (unpaired) electrons. The van der Waals surface area contributed by atoms with Gasteiger partial charge in [-0.25, -0.2) is 0 Å². The van der Waals surface area contributed by atoms with Gasteiger partial charge in [-0.05, 0) is 41.2 Å². The molecule has 1 amide bonds. The SMILES string of the molecule is CN1C(=O)[C@@H]2c3ccccc3[C@H]1[C@H]1[C@@H]2[C@H]2C=C[C@@H]1C2. The first kappa shape index (κ1) is 10.2. The van der Waals surface area contributed by atoms with Crippen molar-refractivity contribution in [1.29, 1.82) is 0 Å². The highest BCUT2D eigenvalue weighted by Gasteiger charge is 2.61. The van der Waals surface area contributed by atoms with Gasteiger partial charge in [0.1, 0.15) is 0 Å². The third-order valence-electron chi connectivity index (χ3n) is 6.01. The molecule has 2 nitrogen and oxygen atoms in total. The molecule has 96 valence electrons. The normalized spacial score (nSPS) is 44.7. The van der Waals surface area contributed by atoms with Crippen LogP contribution >= 0.6 is 0 Å². The fourth-order valence-electron chi connectivity index (χ4n) is 5.41. The number of hydrogen-bond donors (Lipinski definition) is 0. The molecule has 1 aromatic rings. The average molecular weight is 251 g/mol. The van der Waals surface area contributed by atoms with Crippen LogP contribution in [0.4, 0.5) is 0 Å². The van der Waals surface area contributed by atoms with E-state index in [2.05, 4.69) is 36.4 Å². The largest absolute Gasteiger partial charge is 0.338 e. The molecule has 1 saturated carbocycles. The predicted molar refractivity (Wildman–Crippen MR) is 72.4 cm³/mol. The molecule has 19 heavy (non-hydrogen) atoms. The summed E-state index contributed by atoms with van der Waals surface area (Å²) < 4.78 is 0. The molecule has 0 spiro atoms. The second-order valence-electron chi connectivity index (χ2n) is 6.60. The lowest BCUT2D eigenvalue weighted by Crippen LogP contribution is -2.54. The lowest BCUT2D eigenvalue weighted by molar-refractivity contribution is -0.145. The van der Waals surface area contributed by atoms with Gasteiger partial charge in [0.2, 0.25) is 5.91 Å². The number of rotatable bonds is 0. The Labute approximate surface area is 113 Å². The molecule has 0 aromatic heterocycles. The monoisotopic (exact) mass is 251 g/mol. The minimum absolute atomic E-state index is 0.121. The van der Waals surface area contributed by atoms with Gasteiger partial charge < -0.3 is 4.90 Å². The van der Waals surface area contributed by atoms with Crippen LogP contribution in [0.25, 0.3) is 0 Å². The number of hydrogen-bond acceptors (Lipinski definition) is 1. The topological polar surface area (TPSA) is 20.3 Å². The van der Waals surface area contributed by atoms with E-state index in [1.807, 2.05) is 11.9 Å². The number of allylic oxidation sites excluding steroid dienone is 2. The number of nitrogens with zero attached hydrogens (tertiary/aromatic N) is 1. The van der Waals surface area contributed by atoms with Gasteiger partial charge in [-0.1, -0.05) is 36.4 Å². The smallest absolute Gasteiger partial charge is 0.230 e. The molecule has 1 aromatic carbocycles. The zero-order valence-electron chi connectivity index (χ0n) is 11.0. The van der Waals surface area contributed by atoms with Crippen LogP contribution < -0.4 is 0 Å². The Morgan fingerprint density at radius 2 is 1.74 bits per heavy atom. The molecule has 2 fully saturated rings. The quantitative estimate of drug-likeness (QED) is 0.649. The summed E-state index contributed by atoms with van der Waals surface area (Å²) in [4.78, 5) is 14.7. The van der Waals surface area contributed by atoms with E-state index in [0.717, 1.165) is 0 Å². The first-order valence-electron chi connectivity index (χ1n) is 7.31. The van der Waals surface area contributed by atoms with Crippen LogP contribution in [0, 0.1) is 23.7 Å². The maximum atomic E-state index is 12.7. The number of piperidine rings is 1. The van der Waals surface area contributed by atoms with E-state index in [9.17, 15) is 4.79 Å². The van der Waals surface area contributed by atoms with Crippen LogP contribution in [0.15, 0.2) is 36.4 Å². The summed E-state index contributed by atoms with van der Waals surface area (Å²) >= 11 is 0. The lowest BCUT2D eigenvalue weighted by Gasteiger charge is -2.54. The van der Waals surface area contributed by atoms with E-state index in [4.69, 9.17) is 0 Å². The molecule has 0 N–H and O–H groups in total. The van der Waals surface area contributed by atoms with Crippen LogP contribution in [0.3, 0.4) is 0 Å². The van der Waals surface area contributed by atoms with E-state index >= 15 is 0 Å². The molecule has 1 saturated heterocycles. The van der Waals surface area contributed by atoms with Gasteiger partial charge in [0.25, 0.3) is 0 Å². The fourth-order valence-corrected chi connectivity index (χ4v) is 5.41. The third kappa shape index (κ3) is 1.00. The summed E-state index contributed by atoms with van der Waals surface area (Å²) in [5.74, 6) is 3.05. The van der Waals surface area contributed by atoms with Crippen molar-refractivity contribution in [3.8, 4) is 0 Å². The molecule has 3 aliphatic carbocycles. The zero-order chi connectivity index (χ0) is 12.7. The molecular formula is C17H17NO. The summed E-state index contributed by atoms with van der Waals surface area (Å²) in [5.41, 5.74) is 2.73. The molecule has 6 rings (SSSR count). The van der Waals surface area contributed by atoms with Gasteiger partial charge in [0.15, 0.2) is 0 Å². The standard InChI is InChI=1S/C17H17NO/c1-18-16-12-5-3-2-4-11(12)15(17(18)19)13-9-6-7-10(8-9)14(13)16/h2-7,9-10,13-16H,8H2,1H3/t9-,10+,13-,14+,15+,16-/m0/s1. The van der Waals surface area contributed by atoms with Gasteiger partial charge in [0.05, 0.1) is 12.0 Å². The minimum atomic E-state index is 0.121. The molecular weight excluding hydrogens is 234 g/mol. The summed E-state index contributed by atoms with van der Waals surface area (Å²) in [5, 5.41) is 0. The molecule has 4 bridgehead atoms. The Bertz CT molecular complexity index is 619.